The average Bonchev–Trinajstić information content (AvgIpc) is 3.40. The number of aromatic nitrogens is 1. The molecule has 1 fully saturated rings. The van der Waals surface area contributed by atoms with E-state index in [9.17, 15) is 19.8 Å². The van der Waals surface area contributed by atoms with E-state index in [0.29, 0.717) is 28.1 Å². The van der Waals surface area contributed by atoms with Crippen LogP contribution >= 0.6 is 0 Å². The molecule has 6 N–H and O–H groups in total. The maximum atomic E-state index is 12.2. The maximum Gasteiger partial charge on any atom is 0.323 e. The number of nitrogens with one attached hydrogen (secondary N) is 2. The molecule has 2 aromatic carbocycles. The Morgan fingerprint density at radius 2 is 1.94 bits per heavy atom. The van der Waals surface area contributed by atoms with Gasteiger partial charge in [0.2, 0.25) is 0 Å². The van der Waals surface area contributed by atoms with E-state index in [1.165, 1.54) is 0 Å². The highest BCUT2D eigenvalue weighted by molar-refractivity contribution is 5.99. The van der Waals surface area contributed by atoms with Crippen molar-refractivity contribution in [2.45, 2.75) is 31.4 Å². The van der Waals surface area contributed by atoms with E-state index in [4.69, 9.17) is 15.9 Å². The number of nitrogens with zero attached hydrogens (tertiary/aromatic N) is 1. The first-order valence-corrected chi connectivity index (χ1v) is 10.7. The number of hydrogen-bond acceptors (Lipinski definition) is 5. The second-order valence-electron chi connectivity index (χ2n) is 8.20. The van der Waals surface area contributed by atoms with Gasteiger partial charge >= 0.3 is 11.9 Å². The van der Waals surface area contributed by atoms with Gasteiger partial charge in [-0.15, -0.1) is 0 Å². The lowest BCUT2D eigenvalue weighted by atomic mass is 9.94. The van der Waals surface area contributed by atoms with Crippen molar-refractivity contribution in [2.24, 2.45) is 5.73 Å². The van der Waals surface area contributed by atoms with E-state index < -0.39 is 17.9 Å². The number of nitrogens with two attached hydrogens (primary N) is 1. The van der Waals surface area contributed by atoms with Gasteiger partial charge in [-0.25, -0.2) is 0 Å². The number of carbonyl (C=O) groups is 2. The third-order valence-electron chi connectivity index (χ3n) is 5.91. The van der Waals surface area contributed by atoms with Crippen LogP contribution in [0.3, 0.4) is 0 Å². The molecule has 9 heteroatoms. The zero-order chi connectivity index (χ0) is 23.5. The Hall–Kier alpha value is -3.85. The summed E-state index contributed by atoms with van der Waals surface area (Å²) in [6, 6.07) is 13.9. The minimum atomic E-state index is -1.04. The monoisotopic (exact) mass is 450 g/mol. The molecular formula is C24H26N4O5. The zero-order valence-corrected chi connectivity index (χ0v) is 18.0. The van der Waals surface area contributed by atoms with E-state index in [1.54, 1.807) is 53.1 Å². The molecule has 1 saturated heterocycles. The molecule has 172 valence electrons. The molecule has 0 saturated carbocycles. The topological polar surface area (TPSA) is 151 Å². The molecule has 4 rings (SSSR count). The highest BCUT2D eigenvalue weighted by Crippen LogP contribution is 2.29. The molecular weight excluding hydrogens is 424 g/mol. The molecule has 2 atom stereocenters. The highest BCUT2D eigenvalue weighted by Gasteiger charge is 2.24. The van der Waals surface area contributed by atoms with Gasteiger partial charge in [0, 0.05) is 29.7 Å². The van der Waals surface area contributed by atoms with Gasteiger partial charge in [-0.1, -0.05) is 24.3 Å². The Morgan fingerprint density at radius 3 is 2.55 bits per heavy atom. The highest BCUT2D eigenvalue weighted by atomic mass is 16.5. The summed E-state index contributed by atoms with van der Waals surface area (Å²) in [5.74, 6) is -2.35. The Kier molecular flexibility index (Phi) is 6.32. The average molecular weight is 450 g/mol. The molecule has 1 aliphatic rings. The Morgan fingerprint density at radius 1 is 1.18 bits per heavy atom. The quantitative estimate of drug-likeness (QED) is 0.248. The number of ether oxygens (including phenoxy) is 1. The largest absolute Gasteiger partial charge is 0.489 e. The molecule has 0 radical (unpaired) electrons. The standard InChI is InChI=1S/C24H26N4O5/c25-23(26)16-2-1-15-9-17(28(13-22(29)30)21(15)10-16)11-20(24(31)32)14-3-5-18(6-4-14)33-19-7-8-27-12-19/h1-6,9-10,19-20,27H,7-8,11-13H2,(H3,25,26)(H,29,30)(H,31,32)/t19-,20?/m0/s1. The van der Waals surface area contributed by atoms with Crippen LogP contribution in [0.25, 0.3) is 10.9 Å². The van der Waals surface area contributed by atoms with Crippen molar-refractivity contribution >= 4 is 28.7 Å². The molecule has 0 amide bonds. The number of rotatable bonds is 9. The number of benzene rings is 2. The molecule has 3 aromatic rings. The van der Waals surface area contributed by atoms with E-state index in [1.807, 2.05) is 0 Å². The minimum absolute atomic E-state index is 0.109. The van der Waals surface area contributed by atoms with Crippen molar-refractivity contribution in [1.29, 1.82) is 5.41 Å². The van der Waals surface area contributed by atoms with Crippen LogP contribution in [-0.4, -0.2) is 51.7 Å². The predicted octanol–water partition coefficient (Wildman–Crippen LogP) is 2.16. The van der Waals surface area contributed by atoms with Crippen LogP contribution < -0.4 is 15.8 Å². The Bertz CT molecular complexity index is 1200. The van der Waals surface area contributed by atoms with Gasteiger partial charge in [0.05, 0.1) is 5.92 Å². The fourth-order valence-electron chi connectivity index (χ4n) is 4.23. The molecule has 33 heavy (non-hydrogen) atoms. The fraction of sp³-hybridized carbons (Fsp3) is 0.292. The van der Waals surface area contributed by atoms with Crippen molar-refractivity contribution in [3.05, 3.63) is 65.4 Å². The van der Waals surface area contributed by atoms with Gasteiger partial charge in [0.15, 0.2) is 0 Å². The minimum Gasteiger partial charge on any atom is -0.489 e. The van der Waals surface area contributed by atoms with Crippen LogP contribution in [0.15, 0.2) is 48.5 Å². The summed E-state index contributed by atoms with van der Waals surface area (Å²) in [6.45, 7) is 1.38. The predicted molar refractivity (Wildman–Crippen MR) is 123 cm³/mol. The van der Waals surface area contributed by atoms with Gasteiger partial charge in [-0.2, -0.15) is 0 Å². The first kappa shape index (κ1) is 22.3. The molecule has 0 aliphatic carbocycles. The van der Waals surface area contributed by atoms with E-state index >= 15 is 0 Å². The number of carboxylic acid groups (broad SMARTS) is 2. The van der Waals surface area contributed by atoms with E-state index in [0.717, 1.165) is 24.9 Å². The number of carboxylic acids is 2. The van der Waals surface area contributed by atoms with Crippen molar-refractivity contribution in [2.75, 3.05) is 13.1 Å². The summed E-state index contributed by atoms with van der Waals surface area (Å²) in [6.07, 6.45) is 1.15. The van der Waals surface area contributed by atoms with Crippen LogP contribution in [0.5, 0.6) is 5.75 Å². The molecule has 9 nitrogen and oxygen atoms in total. The van der Waals surface area contributed by atoms with Crippen LogP contribution in [0, 0.1) is 5.41 Å². The summed E-state index contributed by atoms with van der Waals surface area (Å²) in [5.41, 5.74) is 7.85. The lowest BCUT2D eigenvalue weighted by Crippen LogP contribution is -2.20. The van der Waals surface area contributed by atoms with Crippen LogP contribution in [0.2, 0.25) is 0 Å². The Labute approximate surface area is 190 Å². The molecule has 0 spiro atoms. The number of aliphatic carboxylic acids is 2. The van der Waals surface area contributed by atoms with Gasteiger partial charge in [-0.05, 0) is 48.2 Å². The Balaban J connectivity index is 1.64. The van der Waals surface area contributed by atoms with Gasteiger partial charge in [-0.3, -0.25) is 15.0 Å². The molecule has 0 bridgehead atoms. The van der Waals surface area contributed by atoms with Crippen molar-refractivity contribution in [3.63, 3.8) is 0 Å². The molecule has 1 unspecified atom stereocenters. The lowest BCUT2D eigenvalue weighted by Gasteiger charge is -2.17. The molecule has 1 aromatic heterocycles. The van der Waals surface area contributed by atoms with Crippen LogP contribution in [-0.2, 0) is 22.6 Å². The molecule has 1 aliphatic heterocycles. The van der Waals surface area contributed by atoms with Gasteiger partial charge in [0.1, 0.15) is 24.2 Å². The number of hydrogen-bond donors (Lipinski definition) is 5. The van der Waals surface area contributed by atoms with E-state index in [-0.39, 0.29) is 24.9 Å². The van der Waals surface area contributed by atoms with Gasteiger partial charge in [0.25, 0.3) is 0 Å². The van der Waals surface area contributed by atoms with Crippen molar-refractivity contribution in [3.8, 4) is 5.75 Å². The van der Waals surface area contributed by atoms with Crippen LogP contribution in [0.1, 0.15) is 29.2 Å². The smallest absolute Gasteiger partial charge is 0.323 e. The molecule has 2 heterocycles. The van der Waals surface area contributed by atoms with Crippen LogP contribution in [0.4, 0.5) is 0 Å². The third kappa shape index (κ3) is 4.98. The number of nitrogen functional groups attached to an aromatic ring is 1. The van der Waals surface area contributed by atoms with Gasteiger partial charge < -0.3 is 30.6 Å². The second-order valence-corrected chi connectivity index (χ2v) is 8.20. The maximum absolute atomic E-state index is 12.2. The summed E-state index contributed by atoms with van der Waals surface area (Å²) in [7, 11) is 0. The third-order valence-corrected chi connectivity index (χ3v) is 5.91. The summed E-state index contributed by atoms with van der Waals surface area (Å²) >= 11 is 0. The van der Waals surface area contributed by atoms with E-state index in [2.05, 4.69) is 5.32 Å². The first-order chi connectivity index (χ1) is 15.8. The summed E-state index contributed by atoms with van der Waals surface area (Å²) in [5, 5.41) is 31.0. The van der Waals surface area contributed by atoms with Crippen molar-refractivity contribution in [1.82, 2.24) is 9.88 Å². The number of amidine groups is 1. The summed E-state index contributed by atoms with van der Waals surface area (Å²) in [4.78, 5) is 23.7. The lowest BCUT2D eigenvalue weighted by molar-refractivity contribution is -0.139. The SMILES string of the molecule is N=C(N)c1ccc2cc(CC(C(=O)O)c3ccc(O[C@H]4CCNC4)cc3)n(CC(=O)O)c2c1. The fourth-order valence-corrected chi connectivity index (χ4v) is 4.23. The second kappa shape index (κ2) is 9.33. The first-order valence-electron chi connectivity index (χ1n) is 10.7. The zero-order valence-electron chi connectivity index (χ0n) is 18.0. The van der Waals surface area contributed by atoms with Crippen molar-refractivity contribution < 1.29 is 24.5 Å². The normalized spacial score (nSPS) is 16.5. The number of fused-ring (bicyclic) bond motifs is 1. The summed E-state index contributed by atoms with van der Waals surface area (Å²) < 4.78 is 7.49.